The van der Waals surface area contributed by atoms with Crippen LogP contribution in [-0.2, 0) is 0 Å². The first-order chi connectivity index (χ1) is 15.5. The maximum absolute atomic E-state index is 12.3. The largest absolute Gasteiger partial charge is 0.497 e. The Balaban J connectivity index is 1.30. The van der Waals surface area contributed by atoms with Gasteiger partial charge in [0, 0.05) is 37.3 Å². The first-order valence-electron chi connectivity index (χ1n) is 10.9. The van der Waals surface area contributed by atoms with Crippen molar-refractivity contribution in [2.75, 3.05) is 36.7 Å². The van der Waals surface area contributed by atoms with Crippen LogP contribution >= 0.6 is 0 Å². The third-order valence-electron chi connectivity index (χ3n) is 5.75. The van der Waals surface area contributed by atoms with Gasteiger partial charge in [-0.25, -0.2) is 9.78 Å². The van der Waals surface area contributed by atoms with E-state index in [-0.39, 0.29) is 18.1 Å². The van der Waals surface area contributed by atoms with Crippen molar-refractivity contribution in [3.63, 3.8) is 0 Å². The molecule has 0 unspecified atom stereocenters. The Morgan fingerprint density at radius 3 is 2.34 bits per heavy atom. The van der Waals surface area contributed by atoms with Gasteiger partial charge in [0.1, 0.15) is 11.6 Å². The summed E-state index contributed by atoms with van der Waals surface area (Å²) in [6.45, 7) is 0. The molecular formula is C24H30N6O2. The number of ether oxygens (including phenoxy) is 1. The van der Waals surface area contributed by atoms with Crippen molar-refractivity contribution < 1.29 is 9.53 Å². The number of methoxy groups -OCH3 is 1. The molecule has 0 bridgehead atoms. The number of hydrogen-bond acceptors (Lipinski definition) is 6. The fourth-order valence-corrected chi connectivity index (χ4v) is 4.06. The number of rotatable bonds is 6. The molecule has 0 atom stereocenters. The van der Waals surface area contributed by atoms with Crippen molar-refractivity contribution in [2.24, 2.45) is 0 Å². The maximum Gasteiger partial charge on any atom is 0.319 e. The Hall–Kier alpha value is -3.55. The molecular weight excluding hydrogens is 404 g/mol. The molecule has 168 valence electrons. The van der Waals surface area contributed by atoms with Crippen LogP contribution in [0.25, 0.3) is 10.9 Å². The van der Waals surface area contributed by atoms with Gasteiger partial charge >= 0.3 is 6.03 Å². The van der Waals surface area contributed by atoms with Crippen molar-refractivity contribution in [3.05, 3.63) is 48.5 Å². The van der Waals surface area contributed by atoms with Crippen LogP contribution in [0.2, 0.25) is 0 Å². The fraction of sp³-hybridized carbons (Fsp3) is 0.375. The molecule has 8 heteroatoms. The lowest BCUT2D eigenvalue weighted by atomic mass is 9.91. The Morgan fingerprint density at radius 1 is 0.969 bits per heavy atom. The predicted octanol–water partition coefficient (Wildman–Crippen LogP) is 4.25. The second-order valence-corrected chi connectivity index (χ2v) is 8.30. The minimum Gasteiger partial charge on any atom is -0.497 e. The van der Waals surface area contributed by atoms with Gasteiger partial charge in [-0.05, 0) is 62.1 Å². The van der Waals surface area contributed by atoms with E-state index in [1.165, 1.54) is 0 Å². The van der Waals surface area contributed by atoms with Gasteiger partial charge in [-0.2, -0.15) is 4.98 Å². The number of fused-ring (bicyclic) bond motifs is 1. The standard InChI is InChI=1S/C24H30N6O2/c1-30(2)22-20-6-4-5-7-21(20)28-23(29-22)25-16-8-10-17(11-9-16)26-24(31)27-18-12-14-19(32-3)15-13-18/h4-7,12-17H,8-11H2,1-3H3,(H,25,28,29)(H2,26,27,31). The minimum atomic E-state index is -0.180. The highest BCUT2D eigenvalue weighted by Gasteiger charge is 2.23. The number of hydrogen-bond donors (Lipinski definition) is 3. The molecule has 1 aromatic heterocycles. The summed E-state index contributed by atoms with van der Waals surface area (Å²) >= 11 is 0. The van der Waals surface area contributed by atoms with Crippen molar-refractivity contribution in [1.82, 2.24) is 15.3 Å². The van der Waals surface area contributed by atoms with Crippen LogP contribution in [0.3, 0.4) is 0 Å². The summed E-state index contributed by atoms with van der Waals surface area (Å²) in [5, 5.41) is 10.5. The van der Waals surface area contributed by atoms with Gasteiger partial charge in [0.15, 0.2) is 0 Å². The van der Waals surface area contributed by atoms with Crippen molar-refractivity contribution in [3.8, 4) is 5.75 Å². The lowest BCUT2D eigenvalue weighted by Gasteiger charge is -2.30. The van der Waals surface area contributed by atoms with E-state index in [0.29, 0.717) is 5.95 Å². The van der Waals surface area contributed by atoms with E-state index < -0.39 is 0 Å². The zero-order valence-electron chi connectivity index (χ0n) is 18.8. The van der Waals surface area contributed by atoms with Gasteiger partial charge in [-0.3, -0.25) is 0 Å². The van der Waals surface area contributed by atoms with Gasteiger partial charge in [0.05, 0.1) is 12.6 Å². The number of nitrogens with zero attached hydrogens (tertiary/aromatic N) is 3. The van der Waals surface area contributed by atoms with Crippen molar-refractivity contribution >= 4 is 34.4 Å². The number of urea groups is 1. The molecule has 2 amide bonds. The van der Waals surface area contributed by atoms with Crippen LogP contribution < -0.4 is 25.6 Å². The molecule has 3 N–H and O–H groups in total. The van der Waals surface area contributed by atoms with Crippen LogP contribution in [0.1, 0.15) is 25.7 Å². The number of carbonyl (C=O) groups excluding carboxylic acids is 1. The lowest BCUT2D eigenvalue weighted by molar-refractivity contribution is 0.243. The van der Waals surface area contributed by atoms with Gasteiger partial charge < -0.3 is 25.6 Å². The molecule has 1 saturated carbocycles. The van der Waals surface area contributed by atoms with Crippen LogP contribution in [-0.4, -0.2) is 49.3 Å². The number of benzene rings is 2. The minimum absolute atomic E-state index is 0.154. The van der Waals surface area contributed by atoms with Crippen molar-refractivity contribution in [2.45, 2.75) is 37.8 Å². The second kappa shape index (κ2) is 9.72. The van der Waals surface area contributed by atoms with E-state index in [1.54, 1.807) is 7.11 Å². The molecule has 3 aromatic rings. The summed E-state index contributed by atoms with van der Waals surface area (Å²) in [6, 6.07) is 15.6. The Morgan fingerprint density at radius 2 is 1.66 bits per heavy atom. The average molecular weight is 435 g/mol. The van der Waals surface area contributed by atoms with Gasteiger partial charge in [0.2, 0.25) is 5.95 Å². The highest BCUT2D eigenvalue weighted by molar-refractivity contribution is 5.90. The lowest BCUT2D eigenvalue weighted by Crippen LogP contribution is -2.42. The van der Waals surface area contributed by atoms with E-state index in [2.05, 4.69) is 16.0 Å². The molecule has 1 aliphatic rings. The van der Waals surface area contributed by atoms with Gasteiger partial charge in [0.25, 0.3) is 0 Å². The molecule has 0 aliphatic heterocycles. The molecule has 1 fully saturated rings. The van der Waals surface area contributed by atoms with Crippen LogP contribution in [0, 0.1) is 0 Å². The Kier molecular flexibility index (Phi) is 6.58. The molecule has 32 heavy (non-hydrogen) atoms. The number of nitrogens with one attached hydrogen (secondary N) is 3. The number of anilines is 3. The molecule has 2 aromatic carbocycles. The number of aromatic nitrogens is 2. The van der Waals surface area contributed by atoms with Crippen LogP contribution in [0.15, 0.2) is 48.5 Å². The van der Waals surface area contributed by atoms with Crippen LogP contribution in [0.5, 0.6) is 5.75 Å². The van der Waals surface area contributed by atoms with E-state index in [0.717, 1.165) is 53.8 Å². The van der Waals surface area contributed by atoms with E-state index in [4.69, 9.17) is 14.7 Å². The van der Waals surface area contributed by atoms with Crippen molar-refractivity contribution in [1.29, 1.82) is 0 Å². The second-order valence-electron chi connectivity index (χ2n) is 8.30. The summed E-state index contributed by atoms with van der Waals surface area (Å²) in [5.41, 5.74) is 1.67. The van der Waals surface area contributed by atoms with Gasteiger partial charge in [-0.15, -0.1) is 0 Å². The quantitative estimate of drug-likeness (QED) is 0.537. The molecule has 0 radical (unpaired) electrons. The molecule has 1 heterocycles. The molecule has 0 spiro atoms. The molecule has 8 nitrogen and oxygen atoms in total. The SMILES string of the molecule is COc1ccc(NC(=O)NC2CCC(Nc3nc(N(C)C)c4ccccc4n3)CC2)cc1. The first kappa shape index (κ1) is 21.7. The first-order valence-corrected chi connectivity index (χ1v) is 10.9. The van der Waals surface area contributed by atoms with E-state index in [1.807, 2.05) is 67.5 Å². The Labute approximate surface area is 188 Å². The summed E-state index contributed by atoms with van der Waals surface area (Å²) in [4.78, 5) is 23.8. The summed E-state index contributed by atoms with van der Waals surface area (Å²) < 4.78 is 5.14. The van der Waals surface area contributed by atoms with Crippen LogP contribution in [0.4, 0.5) is 22.2 Å². The Bertz CT molecular complexity index is 1060. The van der Waals surface area contributed by atoms with E-state index in [9.17, 15) is 4.79 Å². The normalized spacial score (nSPS) is 18.1. The summed E-state index contributed by atoms with van der Waals surface area (Å²) in [7, 11) is 5.60. The topological polar surface area (TPSA) is 91.4 Å². The fourth-order valence-electron chi connectivity index (χ4n) is 4.06. The maximum atomic E-state index is 12.3. The third kappa shape index (κ3) is 5.19. The molecule has 4 rings (SSSR count). The zero-order chi connectivity index (χ0) is 22.5. The highest BCUT2D eigenvalue weighted by Crippen LogP contribution is 2.26. The van der Waals surface area contributed by atoms with E-state index >= 15 is 0 Å². The number of carbonyl (C=O) groups is 1. The average Bonchev–Trinajstić information content (AvgIpc) is 2.80. The number of amides is 2. The smallest absolute Gasteiger partial charge is 0.319 e. The predicted molar refractivity (Wildman–Crippen MR) is 129 cm³/mol. The monoisotopic (exact) mass is 434 g/mol. The number of para-hydroxylation sites is 1. The molecule has 0 saturated heterocycles. The summed E-state index contributed by atoms with van der Waals surface area (Å²) in [6.07, 6.45) is 3.70. The van der Waals surface area contributed by atoms with Gasteiger partial charge in [-0.1, -0.05) is 12.1 Å². The zero-order valence-corrected chi connectivity index (χ0v) is 18.8. The highest BCUT2D eigenvalue weighted by atomic mass is 16.5. The third-order valence-corrected chi connectivity index (χ3v) is 5.75. The summed E-state index contributed by atoms with van der Waals surface area (Å²) in [5.74, 6) is 2.32. The molecule has 1 aliphatic carbocycles.